The van der Waals surface area contributed by atoms with Gasteiger partial charge < -0.3 is 9.13 Å². The van der Waals surface area contributed by atoms with Crippen molar-refractivity contribution in [3.05, 3.63) is 291 Å². The van der Waals surface area contributed by atoms with Gasteiger partial charge in [0.15, 0.2) is 8.07 Å². The van der Waals surface area contributed by atoms with Crippen molar-refractivity contribution in [2.75, 3.05) is 0 Å². The van der Waals surface area contributed by atoms with Crippen LogP contribution >= 0.6 is 0 Å². The second-order valence-corrected chi connectivity index (χ2v) is 23.7. The maximum absolute atomic E-state index is 3.13. The molecule has 15 aromatic rings. The summed E-state index contributed by atoms with van der Waals surface area (Å²) in [6, 6.07) is 109. The zero-order valence-corrected chi connectivity index (χ0v) is 42.1. The Morgan fingerprint density at radius 3 is 1.17 bits per heavy atom. The van der Waals surface area contributed by atoms with E-state index in [0.717, 1.165) is 11.4 Å². The Bertz CT molecular complexity index is 4530. The molecule has 2 heterocycles. The van der Waals surface area contributed by atoms with Crippen molar-refractivity contribution in [2.24, 2.45) is 0 Å². The molecule has 0 radical (unpaired) electrons. The number of hydrogen-bond donors (Lipinski definition) is 0. The highest BCUT2D eigenvalue weighted by atomic mass is 28.3. The van der Waals surface area contributed by atoms with E-state index in [-0.39, 0.29) is 0 Å². The Kier molecular flexibility index (Phi) is 9.94. The lowest BCUT2D eigenvalue weighted by molar-refractivity contribution is 1.17. The molecule has 0 aliphatic carbocycles. The normalized spacial score (nSPS) is 12.0. The molecule has 3 heteroatoms. The number of para-hydroxylation sites is 2. The third-order valence-corrected chi connectivity index (χ3v) is 20.7. The molecule has 0 bridgehead atoms. The van der Waals surface area contributed by atoms with Gasteiger partial charge in [-0.25, -0.2) is 0 Å². The van der Waals surface area contributed by atoms with Crippen LogP contribution in [0.25, 0.3) is 110 Å². The monoisotopic (exact) mass is 968 g/mol. The lowest BCUT2D eigenvalue weighted by atomic mass is 9.92. The second kappa shape index (κ2) is 17.3. The van der Waals surface area contributed by atoms with E-state index in [4.69, 9.17) is 0 Å². The Morgan fingerprint density at radius 2 is 0.587 bits per heavy atom. The number of aromatic nitrogens is 2. The fraction of sp³-hybridized carbons (Fsp3) is 0. The van der Waals surface area contributed by atoms with Crippen LogP contribution < -0.4 is 20.7 Å². The molecule has 0 unspecified atom stereocenters. The number of rotatable bonds is 8. The fourth-order valence-corrected chi connectivity index (χ4v) is 17.6. The summed E-state index contributed by atoms with van der Waals surface area (Å²) in [6.45, 7) is 0. The molecule has 350 valence electrons. The molecule has 0 aliphatic heterocycles. The van der Waals surface area contributed by atoms with Crippen LogP contribution in [0.5, 0.6) is 0 Å². The summed E-state index contributed by atoms with van der Waals surface area (Å²) in [7, 11) is -3.13. The van der Waals surface area contributed by atoms with Gasteiger partial charge in [0.25, 0.3) is 0 Å². The van der Waals surface area contributed by atoms with Crippen LogP contribution in [0.15, 0.2) is 291 Å². The first kappa shape index (κ1) is 43.1. The van der Waals surface area contributed by atoms with E-state index in [9.17, 15) is 0 Å². The van der Waals surface area contributed by atoms with E-state index in [1.165, 1.54) is 119 Å². The maximum Gasteiger partial charge on any atom is 0.179 e. The molecule has 13 aromatic carbocycles. The molecule has 0 saturated heterocycles. The molecule has 0 spiro atoms. The van der Waals surface area contributed by atoms with Gasteiger partial charge in [-0.15, -0.1) is 0 Å². The first-order valence-electron chi connectivity index (χ1n) is 26.0. The molecule has 2 nitrogen and oxygen atoms in total. The molecule has 0 atom stereocenters. The predicted molar refractivity (Wildman–Crippen MR) is 322 cm³/mol. The molecular formula is C72H48N2Si. The average molecular weight is 969 g/mol. The summed E-state index contributed by atoms with van der Waals surface area (Å²) in [5.74, 6) is 0. The van der Waals surface area contributed by atoms with Crippen molar-refractivity contribution < 1.29 is 0 Å². The van der Waals surface area contributed by atoms with Crippen molar-refractivity contribution in [3.8, 4) is 33.6 Å². The summed E-state index contributed by atoms with van der Waals surface area (Å²) in [6.07, 6.45) is 0. The van der Waals surface area contributed by atoms with Gasteiger partial charge in [-0.1, -0.05) is 243 Å². The van der Waals surface area contributed by atoms with Crippen LogP contribution in [0, 0.1) is 0 Å². The molecular weight excluding hydrogens is 921 g/mol. The van der Waals surface area contributed by atoms with Crippen molar-refractivity contribution in [1.82, 2.24) is 9.13 Å². The highest BCUT2D eigenvalue weighted by Crippen LogP contribution is 2.44. The van der Waals surface area contributed by atoms with Gasteiger partial charge in [0.2, 0.25) is 0 Å². The average Bonchev–Trinajstić information content (AvgIpc) is 4.10. The van der Waals surface area contributed by atoms with Crippen LogP contribution in [0.2, 0.25) is 0 Å². The van der Waals surface area contributed by atoms with Gasteiger partial charge in [0.05, 0.1) is 22.1 Å². The van der Waals surface area contributed by atoms with Gasteiger partial charge in [0, 0.05) is 38.3 Å². The van der Waals surface area contributed by atoms with E-state index in [2.05, 4.69) is 300 Å². The molecule has 0 aliphatic rings. The molecule has 0 fully saturated rings. The molecule has 15 rings (SSSR count). The van der Waals surface area contributed by atoms with Gasteiger partial charge in [0.1, 0.15) is 0 Å². The van der Waals surface area contributed by atoms with Gasteiger partial charge in [-0.05, 0) is 118 Å². The van der Waals surface area contributed by atoms with Gasteiger partial charge in [-0.2, -0.15) is 0 Å². The van der Waals surface area contributed by atoms with Crippen LogP contribution in [-0.2, 0) is 0 Å². The van der Waals surface area contributed by atoms with E-state index >= 15 is 0 Å². The van der Waals surface area contributed by atoms with E-state index in [1.807, 2.05) is 0 Å². The van der Waals surface area contributed by atoms with Crippen molar-refractivity contribution in [3.63, 3.8) is 0 Å². The summed E-state index contributed by atoms with van der Waals surface area (Å²) in [4.78, 5) is 0. The smallest absolute Gasteiger partial charge is 0.179 e. The minimum atomic E-state index is -3.13. The van der Waals surface area contributed by atoms with E-state index in [1.54, 1.807) is 0 Å². The fourth-order valence-electron chi connectivity index (χ4n) is 12.8. The first-order chi connectivity index (χ1) is 37.2. The number of hydrogen-bond acceptors (Lipinski definition) is 0. The minimum absolute atomic E-state index is 1.13. The van der Waals surface area contributed by atoms with Crippen molar-refractivity contribution >= 4 is 105 Å². The first-order valence-corrected chi connectivity index (χ1v) is 28.0. The summed E-state index contributed by atoms with van der Waals surface area (Å²) in [5.41, 5.74) is 11.9. The molecule has 2 aromatic heterocycles. The summed E-state index contributed by atoms with van der Waals surface area (Å²) in [5, 5.41) is 17.9. The van der Waals surface area contributed by atoms with Crippen LogP contribution in [0.1, 0.15) is 0 Å². The zero-order chi connectivity index (χ0) is 49.5. The lowest BCUT2D eigenvalue weighted by Crippen LogP contribution is -2.74. The largest absolute Gasteiger partial charge is 0.309 e. The van der Waals surface area contributed by atoms with Gasteiger partial charge >= 0.3 is 0 Å². The Balaban J connectivity index is 1.06. The Morgan fingerprint density at radius 1 is 0.200 bits per heavy atom. The quantitative estimate of drug-likeness (QED) is 0.0816. The van der Waals surface area contributed by atoms with Crippen LogP contribution in [-0.4, -0.2) is 17.2 Å². The maximum atomic E-state index is 2.55. The Labute approximate surface area is 436 Å². The second-order valence-electron chi connectivity index (χ2n) is 19.9. The number of fused-ring (bicyclic) bond motifs is 13. The summed E-state index contributed by atoms with van der Waals surface area (Å²) >= 11 is 0. The van der Waals surface area contributed by atoms with Crippen LogP contribution in [0.4, 0.5) is 0 Å². The predicted octanol–water partition coefficient (Wildman–Crippen LogP) is 16.1. The SMILES string of the molecule is c1ccc(-c2cccc([Si](c3ccccc3)(c3cccc(-c4ccccc4)c3)c3cccc(-n4c5ccc(-n6c7ccccc7c7ccccc76)cc5c5c6c7ccccc7c7ccccc7c6ccc54)c3)c2)cc1. The highest BCUT2D eigenvalue weighted by molar-refractivity contribution is 7.20. The topological polar surface area (TPSA) is 9.86 Å². The third-order valence-electron chi connectivity index (χ3n) is 16.0. The lowest BCUT2D eigenvalue weighted by Gasteiger charge is -2.35. The molecule has 75 heavy (non-hydrogen) atoms. The number of benzene rings is 13. The molecule has 0 saturated carbocycles. The molecule has 0 N–H and O–H groups in total. The minimum Gasteiger partial charge on any atom is -0.309 e. The zero-order valence-electron chi connectivity index (χ0n) is 41.1. The van der Waals surface area contributed by atoms with E-state index < -0.39 is 8.07 Å². The summed E-state index contributed by atoms with van der Waals surface area (Å²) < 4.78 is 5.01. The standard InChI is InChI=1S/C72H48N2Si/c1-4-21-49(22-5-1)51-25-18-30-56(45-51)75(55-28-8-3-9-29-55,57-31-19-26-52(46-57)50-23-6-2-7-24-50)58-32-20-27-53(47-58)74-69-43-41-54(73-67-39-16-14-36-62(67)63-37-15-17-40-68(63)73)48-66(69)72-70(74)44-42-65-61-35-11-10-33-59(61)60-34-12-13-38-64(60)71(65)72/h1-48H. The van der Waals surface area contributed by atoms with Crippen molar-refractivity contribution in [1.29, 1.82) is 0 Å². The highest BCUT2D eigenvalue weighted by Gasteiger charge is 2.42. The van der Waals surface area contributed by atoms with E-state index in [0.29, 0.717) is 0 Å². The van der Waals surface area contributed by atoms with Crippen LogP contribution in [0.3, 0.4) is 0 Å². The third kappa shape index (κ3) is 6.65. The van der Waals surface area contributed by atoms with Crippen molar-refractivity contribution in [2.45, 2.75) is 0 Å². The number of nitrogens with zero attached hydrogens (tertiary/aromatic N) is 2. The molecule has 0 amide bonds. The Hall–Kier alpha value is -9.54. The van der Waals surface area contributed by atoms with Gasteiger partial charge in [-0.3, -0.25) is 0 Å².